The van der Waals surface area contributed by atoms with Crippen molar-refractivity contribution in [2.45, 2.75) is 19.8 Å². The minimum atomic E-state index is -0.193. The Labute approximate surface area is 110 Å². The molecule has 0 amide bonds. The first kappa shape index (κ1) is 11.7. The van der Waals surface area contributed by atoms with E-state index < -0.39 is 0 Å². The fourth-order valence-corrected chi connectivity index (χ4v) is 3.04. The summed E-state index contributed by atoms with van der Waals surface area (Å²) in [5.41, 5.74) is 2.56. The van der Waals surface area contributed by atoms with Crippen molar-refractivity contribution in [3.8, 4) is 11.3 Å². The number of nitrogens with zero attached hydrogens (tertiary/aromatic N) is 2. The monoisotopic (exact) mass is 262 g/mol. The van der Waals surface area contributed by atoms with Crippen molar-refractivity contribution >= 4 is 17.0 Å². The number of anilines is 1. The number of aryl methyl sites for hydroxylation is 1. The van der Waals surface area contributed by atoms with Crippen molar-refractivity contribution in [3.63, 3.8) is 0 Å². The molecule has 18 heavy (non-hydrogen) atoms. The third-order valence-corrected chi connectivity index (χ3v) is 4.06. The third kappa shape index (κ3) is 2.12. The molecule has 1 aromatic heterocycles. The van der Waals surface area contributed by atoms with Crippen LogP contribution >= 0.6 is 11.3 Å². The van der Waals surface area contributed by atoms with Crippen LogP contribution in [0.4, 0.5) is 10.1 Å². The van der Waals surface area contributed by atoms with Gasteiger partial charge >= 0.3 is 0 Å². The Balaban J connectivity index is 1.88. The summed E-state index contributed by atoms with van der Waals surface area (Å²) < 4.78 is 13.6. The molecule has 1 fully saturated rings. The van der Waals surface area contributed by atoms with Crippen LogP contribution in [0, 0.1) is 12.1 Å². The van der Waals surface area contributed by atoms with Crippen LogP contribution < -0.4 is 4.90 Å². The van der Waals surface area contributed by atoms with Crippen molar-refractivity contribution < 1.29 is 4.39 Å². The van der Waals surface area contributed by atoms with Gasteiger partial charge in [0.15, 0.2) is 0 Å². The normalized spacial score (nSPS) is 15.3. The number of thiazole rings is 1. The zero-order chi connectivity index (χ0) is 12.5. The van der Waals surface area contributed by atoms with Crippen molar-refractivity contribution in [3.05, 3.63) is 34.4 Å². The molecule has 2 heterocycles. The van der Waals surface area contributed by atoms with Crippen molar-refractivity contribution in [1.29, 1.82) is 0 Å². The molecule has 0 unspecified atom stereocenters. The lowest BCUT2D eigenvalue weighted by Gasteiger charge is -2.17. The molecule has 94 valence electrons. The lowest BCUT2D eigenvalue weighted by atomic mass is 10.1. The first-order chi connectivity index (χ1) is 8.74. The Kier molecular flexibility index (Phi) is 3.04. The maximum absolute atomic E-state index is 13.6. The largest absolute Gasteiger partial charge is 0.372 e. The summed E-state index contributed by atoms with van der Waals surface area (Å²) in [6.45, 7) is 4.09. The standard InChI is InChI=1S/C14H15FN2S/c1-10-16-13(14(15)18-10)11-4-6-12(7-5-11)17-8-2-3-9-17/h4-7H,2-3,8-9H2,1H3. The van der Waals surface area contributed by atoms with Gasteiger partial charge in [-0.1, -0.05) is 23.5 Å². The SMILES string of the molecule is Cc1nc(-c2ccc(N3CCCC3)cc2)c(F)s1. The minimum Gasteiger partial charge on any atom is -0.372 e. The molecule has 0 N–H and O–H groups in total. The second-order valence-corrected chi connectivity index (χ2v) is 5.75. The Hall–Kier alpha value is -1.42. The molecule has 2 aromatic rings. The molecule has 0 spiro atoms. The van der Waals surface area contributed by atoms with E-state index in [0.717, 1.165) is 35.0 Å². The molecule has 0 atom stereocenters. The maximum Gasteiger partial charge on any atom is 0.204 e. The van der Waals surface area contributed by atoms with Crippen LogP contribution in [0.3, 0.4) is 0 Å². The molecule has 0 bridgehead atoms. The summed E-state index contributed by atoms with van der Waals surface area (Å²) >= 11 is 1.11. The van der Waals surface area contributed by atoms with Gasteiger partial charge in [0.1, 0.15) is 5.69 Å². The number of halogens is 1. The van der Waals surface area contributed by atoms with E-state index in [1.165, 1.54) is 18.5 Å². The van der Waals surface area contributed by atoms with E-state index in [-0.39, 0.29) is 5.13 Å². The smallest absolute Gasteiger partial charge is 0.204 e. The lowest BCUT2D eigenvalue weighted by molar-refractivity contribution is 0.657. The minimum absolute atomic E-state index is 0.193. The van der Waals surface area contributed by atoms with Gasteiger partial charge in [0, 0.05) is 24.3 Å². The molecule has 0 aliphatic carbocycles. The van der Waals surface area contributed by atoms with Gasteiger partial charge in [0.05, 0.1) is 5.01 Å². The van der Waals surface area contributed by atoms with Crippen LogP contribution in [0.5, 0.6) is 0 Å². The van der Waals surface area contributed by atoms with Gasteiger partial charge in [-0.2, -0.15) is 4.39 Å². The zero-order valence-electron chi connectivity index (χ0n) is 10.3. The zero-order valence-corrected chi connectivity index (χ0v) is 11.1. The van der Waals surface area contributed by atoms with Gasteiger partial charge < -0.3 is 4.90 Å². The highest BCUT2D eigenvalue weighted by Crippen LogP contribution is 2.28. The molecule has 0 saturated carbocycles. The average Bonchev–Trinajstić information content (AvgIpc) is 2.99. The fourth-order valence-electron chi connectivity index (χ4n) is 2.39. The molecule has 1 aliphatic rings. The number of rotatable bonds is 2. The predicted octanol–water partition coefficient (Wildman–Crippen LogP) is 3.86. The molecule has 1 saturated heterocycles. The fraction of sp³-hybridized carbons (Fsp3) is 0.357. The van der Waals surface area contributed by atoms with Crippen molar-refractivity contribution in [2.24, 2.45) is 0 Å². The Morgan fingerprint density at radius 1 is 1.17 bits per heavy atom. The van der Waals surface area contributed by atoms with E-state index in [4.69, 9.17) is 0 Å². The first-order valence-electron chi connectivity index (χ1n) is 6.22. The van der Waals surface area contributed by atoms with Crippen LogP contribution in [0.15, 0.2) is 24.3 Å². The molecular formula is C14H15FN2S. The second-order valence-electron chi connectivity index (χ2n) is 4.60. The molecule has 0 radical (unpaired) electrons. The highest BCUT2D eigenvalue weighted by molar-refractivity contribution is 7.10. The first-order valence-corrected chi connectivity index (χ1v) is 7.04. The van der Waals surface area contributed by atoms with Crippen LogP contribution in [0.1, 0.15) is 17.8 Å². The number of hydrogen-bond acceptors (Lipinski definition) is 3. The van der Waals surface area contributed by atoms with E-state index in [0.29, 0.717) is 5.69 Å². The molecule has 1 aromatic carbocycles. The van der Waals surface area contributed by atoms with Gasteiger partial charge in [-0.15, -0.1) is 0 Å². The summed E-state index contributed by atoms with van der Waals surface area (Å²) in [6, 6.07) is 8.06. The van der Waals surface area contributed by atoms with Crippen molar-refractivity contribution in [2.75, 3.05) is 18.0 Å². The van der Waals surface area contributed by atoms with Gasteiger partial charge in [-0.05, 0) is 31.9 Å². The molecule has 3 rings (SSSR count). The quantitative estimate of drug-likeness (QED) is 0.817. The third-order valence-electron chi connectivity index (χ3n) is 3.30. The van der Waals surface area contributed by atoms with E-state index in [9.17, 15) is 4.39 Å². The van der Waals surface area contributed by atoms with E-state index in [1.54, 1.807) is 0 Å². The predicted molar refractivity (Wildman–Crippen MR) is 73.7 cm³/mol. The lowest BCUT2D eigenvalue weighted by Crippen LogP contribution is -2.17. The van der Waals surface area contributed by atoms with E-state index >= 15 is 0 Å². The molecule has 2 nitrogen and oxygen atoms in total. The van der Waals surface area contributed by atoms with Crippen LogP contribution in [-0.2, 0) is 0 Å². The van der Waals surface area contributed by atoms with Crippen LogP contribution in [0.25, 0.3) is 11.3 Å². The Bertz CT molecular complexity index is 541. The molecular weight excluding hydrogens is 247 g/mol. The van der Waals surface area contributed by atoms with Gasteiger partial charge in [0.2, 0.25) is 5.13 Å². The maximum atomic E-state index is 13.6. The number of aromatic nitrogens is 1. The summed E-state index contributed by atoms with van der Waals surface area (Å²) in [5.74, 6) is 0. The van der Waals surface area contributed by atoms with E-state index in [1.807, 2.05) is 19.1 Å². The van der Waals surface area contributed by atoms with Crippen molar-refractivity contribution in [1.82, 2.24) is 4.98 Å². The number of hydrogen-bond donors (Lipinski definition) is 0. The van der Waals surface area contributed by atoms with Crippen LogP contribution in [-0.4, -0.2) is 18.1 Å². The Morgan fingerprint density at radius 3 is 2.39 bits per heavy atom. The summed E-state index contributed by atoms with van der Waals surface area (Å²) in [5, 5.41) is 0.576. The average molecular weight is 262 g/mol. The summed E-state index contributed by atoms with van der Waals surface area (Å²) in [7, 11) is 0. The number of benzene rings is 1. The summed E-state index contributed by atoms with van der Waals surface area (Å²) in [6.07, 6.45) is 2.53. The highest BCUT2D eigenvalue weighted by atomic mass is 32.1. The summed E-state index contributed by atoms with van der Waals surface area (Å²) in [4.78, 5) is 6.61. The van der Waals surface area contributed by atoms with E-state index in [2.05, 4.69) is 22.0 Å². The van der Waals surface area contributed by atoms with Crippen LogP contribution in [0.2, 0.25) is 0 Å². The van der Waals surface area contributed by atoms with Gasteiger partial charge in [-0.3, -0.25) is 0 Å². The topological polar surface area (TPSA) is 16.1 Å². The van der Waals surface area contributed by atoms with Gasteiger partial charge in [-0.25, -0.2) is 4.98 Å². The van der Waals surface area contributed by atoms with Gasteiger partial charge in [0.25, 0.3) is 0 Å². The molecule has 4 heteroatoms. The second kappa shape index (κ2) is 4.69. The molecule has 1 aliphatic heterocycles. The Morgan fingerprint density at radius 2 is 1.83 bits per heavy atom. The highest BCUT2D eigenvalue weighted by Gasteiger charge is 2.14.